The largest absolute Gasteiger partial charge is 0.417 e. The summed E-state index contributed by atoms with van der Waals surface area (Å²) in [6.07, 6.45) is 7.43. The molecule has 100 valence electrons. The van der Waals surface area contributed by atoms with E-state index in [4.69, 9.17) is 4.43 Å². The van der Waals surface area contributed by atoms with Gasteiger partial charge in [0, 0.05) is 6.61 Å². The van der Waals surface area contributed by atoms with Crippen LogP contribution in [0.5, 0.6) is 0 Å². The van der Waals surface area contributed by atoms with E-state index in [9.17, 15) is 0 Å². The summed E-state index contributed by atoms with van der Waals surface area (Å²) in [5.41, 5.74) is 0. The van der Waals surface area contributed by atoms with Crippen LogP contribution in [0.15, 0.2) is 12.7 Å². The Morgan fingerprint density at radius 3 is 2.41 bits per heavy atom. The fourth-order valence-electron chi connectivity index (χ4n) is 1.94. The lowest BCUT2D eigenvalue weighted by Gasteiger charge is -2.36. The third-order valence-corrected chi connectivity index (χ3v) is 9.06. The molecule has 2 heteroatoms. The van der Waals surface area contributed by atoms with Gasteiger partial charge in [-0.15, -0.1) is 6.58 Å². The summed E-state index contributed by atoms with van der Waals surface area (Å²) in [4.78, 5) is 0. The molecule has 1 aliphatic carbocycles. The number of hydrogen-bond acceptors (Lipinski definition) is 1. The number of allylic oxidation sites excluding steroid dienone is 1. The van der Waals surface area contributed by atoms with Gasteiger partial charge in [-0.2, -0.15) is 0 Å². The van der Waals surface area contributed by atoms with E-state index in [1.165, 1.54) is 25.7 Å². The van der Waals surface area contributed by atoms with E-state index in [1.807, 2.05) is 0 Å². The lowest BCUT2D eigenvalue weighted by molar-refractivity contribution is 0.276. The first-order valence-electron chi connectivity index (χ1n) is 7.04. The van der Waals surface area contributed by atoms with Crippen LogP contribution in [-0.4, -0.2) is 14.9 Å². The quantitative estimate of drug-likeness (QED) is 0.353. The van der Waals surface area contributed by atoms with Crippen molar-refractivity contribution in [2.45, 2.75) is 64.6 Å². The smallest absolute Gasteiger partial charge is 0.191 e. The van der Waals surface area contributed by atoms with Gasteiger partial charge < -0.3 is 4.43 Å². The van der Waals surface area contributed by atoms with E-state index in [-0.39, 0.29) is 0 Å². The van der Waals surface area contributed by atoms with E-state index in [2.05, 4.69) is 46.5 Å². The van der Waals surface area contributed by atoms with Crippen LogP contribution in [0.4, 0.5) is 0 Å². The molecule has 1 nitrogen and oxygen atoms in total. The van der Waals surface area contributed by atoms with Gasteiger partial charge in [-0.25, -0.2) is 0 Å². The molecule has 0 radical (unpaired) electrons. The lowest BCUT2D eigenvalue weighted by atomic mass is 10.1. The molecule has 0 saturated heterocycles. The monoisotopic (exact) mass is 254 g/mol. The Bertz CT molecular complexity index is 252. The summed E-state index contributed by atoms with van der Waals surface area (Å²) in [5, 5.41) is 0.345. The van der Waals surface area contributed by atoms with Crippen molar-refractivity contribution in [1.29, 1.82) is 0 Å². The second kappa shape index (κ2) is 5.70. The zero-order valence-corrected chi connectivity index (χ0v) is 13.4. The van der Waals surface area contributed by atoms with Gasteiger partial charge in [0.05, 0.1) is 0 Å². The maximum atomic E-state index is 6.17. The molecule has 1 saturated carbocycles. The number of unbranched alkanes of at least 4 members (excludes halogenated alkanes) is 1. The van der Waals surface area contributed by atoms with Gasteiger partial charge in [-0.05, 0) is 49.2 Å². The molecule has 2 atom stereocenters. The lowest BCUT2D eigenvalue weighted by Crippen LogP contribution is -2.40. The summed E-state index contributed by atoms with van der Waals surface area (Å²) in [5.74, 6) is 1.77. The first kappa shape index (κ1) is 15.0. The summed E-state index contributed by atoms with van der Waals surface area (Å²) in [7, 11) is -1.50. The van der Waals surface area contributed by atoms with Gasteiger partial charge in [0.2, 0.25) is 0 Å². The zero-order valence-electron chi connectivity index (χ0n) is 12.4. The van der Waals surface area contributed by atoms with Crippen molar-refractivity contribution in [1.82, 2.24) is 0 Å². The second-order valence-electron chi connectivity index (χ2n) is 7.00. The van der Waals surface area contributed by atoms with Crippen LogP contribution < -0.4 is 0 Å². The van der Waals surface area contributed by atoms with Crippen molar-refractivity contribution in [2.24, 2.45) is 11.8 Å². The van der Waals surface area contributed by atoms with Crippen LogP contribution >= 0.6 is 0 Å². The summed E-state index contributed by atoms with van der Waals surface area (Å²) < 4.78 is 6.17. The van der Waals surface area contributed by atoms with Crippen molar-refractivity contribution >= 4 is 8.32 Å². The third kappa shape index (κ3) is 4.59. The Balaban J connectivity index is 2.06. The molecule has 0 aromatic rings. The maximum Gasteiger partial charge on any atom is 0.191 e. The first-order chi connectivity index (χ1) is 7.78. The summed E-state index contributed by atoms with van der Waals surface area (Å²) in [6.45, 7) is 16.4. The highest BCUT2D eigenvalue weighted by atomic mass is 28.4. The highest BCUT2D eigenvalue weighted by molar-refractivity contribution is 6.74. The van der Waals surface area contributed by atoms with Crippen LogP contribution in [0.2, 0.25) is 18.1 Å². The van der Waals surface area contributed by atoms with E-state index >= 15 is 0 Å². The Kier molecular flexibility index (Phi) is 5.03. The van der Waals surface area contributed by atoms with Crippen molar-refractivity contribution < 1.29 is 4.43 Å². The molecular formula is C15H30OSi. The van der Waals surface area contributed by atoms with Gasteiger partial charge in [0.1, 0.15) is 0 Å². The van der Waals surface area contributed by atoms with Gasteiger partial charge in [0.15, 0.2) is 8.32 Å². The molecule has 17 heavy (non-hydrogen) atoms. The topological polar surface area (TPSA) is 9.23 Å². The maximum absolute atomic E-state index is 6.17. The first-order valence-corrected chi connectivity index (χ1v) is 9.95. The van der Waals surface area contributed by atoms with Crippen molar-refractivity contribution in [2.75, 3.05) is 6.61 Å². The highest BCUT2D eigenvalue weighted by Gasteiger charge is 2.37. The predicted molar refractivity (Wildman–Crippen MR) is 78.8 cm³/mol. The minimum Gasteiger partial charge on any atom is -0.417 e. The molecule has 0 aromatic carbocycles. The van der Waals surface area contributed by atoms with Crippen LogP contribution in [0, 0.1) is 11.8 Å². The molecule has 0 aromatic heterocycles. The van der Waals surface area contributed by atoms with E-state index in [0.717, 1.165) is 18.4 Å². The molecule has 1 fully saturated rings. The minimum absolute atomic E-state index is 0.345. The van der Waals surface area contributed by atoms with E-state index in [1.54, 1.807) is 0 Å². The standard InChI is InChI=1S/C15H30OSi/c1-7-13-12-14(13)10-8-9-11-16-17(5,6)15(2,3)4/h7,13-14H,1,8-12H2,2-6H3/t13-,14+/m1/s1. The molecule has 0 unspecified atom stereocenters. The van der Waals surface area contributed by atoms with Crippen LogP contribution in [-0.2, 0) is 4.43 Å². The van der Waals surface area contributed by atoms with Gasteiger partial charge in [0.25, 0.3) is 0 Å². The molecule has 0 N–H and O–H groups in total. The zero-order chi connectivity index (χ0) is 13.1. The van der Waals surface area contributed by atoms with Crippen LogP contribution in [0.1, 0.15) is 46.5 Å². The molecule has 0 amide bonds. The fraction of sp³-hybridized carbons (Fsp3) is 0.867. The third-order valence-electron chi connectivity index (χ3n) is 4.52. The van der Waals surface area contributed by atoms with Gasteiger partial charge in [-0.1, -0.05) is 33.3 Å². The fourth-order valence-corrected chi connectivity index (χ4v) is 3.03. The number of hydrogen-bond donors (Lipinski definition) is 0. The molecule has 0 bridgehead atoms. The predicted octanol–water partition coefficient (Wildman–Crippen LogP) is 5.00. The van der Waals surface area contributed by atoms with Crippen LogP contribution in [0.3, 0.4) is 0 Å². The SMILES string of the molecule is C=C[C@@H]1C[C@@H]1CCCCO[Si](C)(C)C(C)(C)C. The summed E-state index contributed by atoms with van der Waals surface area (Å²) in [6, 6.07) is 0. The molecule has 1 aliphatic rings. The van der Waals surface area contributed by atoms with Crippen molar-refractivity contribution in [3.8, 4) is 0 Å². The Morgan fingerprint density at radius 1 is 1.29 bits per heavy atom. The molecular weight excluding hydrogens is 224 g/mol. The molecule has 0 spiro atoms. The van der Waals surface area contributed by atoms with Gasteiger partial charge >= 0.3 is 0 Å². The average Bonchev–Trinajstić information content (AvgIpc) is 2.94. The Morgan fingerprint density at radius 2 is 1.94 bits per heavy atom. The Hall–Kier alpha value is -0.0831. The van der Waals surface area contributed by atoms with Crippen molar-refractivity contribution in [3.05, 3.63) is 12.7 Å². The van der Waals surface area contributed by atoms with E-state index < -0.39 is 8.32 Å². The number of rotatable bonds is 7. The molecule has 1 rings (SSSR count). The summed E-state index contributed by atoms with van der Waals surface area (Å²) >= 11 is 0. The van der Waals surface area contributed by atoms with Crippen LogP contribution in [0.25, 0.3) is 0 Å². The second-order valence-corrected chi connectivity index (χ2v) is 11.8. The minimum atomic E-state index is -1.50. The van der Waals surface area contributed by atoms with Crippen molar-refractivity contribution in [3.63, 3.8) is 0 Å². The molecule has 0 heterocycles. The van der Waals surface area contributed by atoms with Gasteiger partial charge in [-0.3, -0.25) is 0 Å². The average molecular weight is 254 g/mol. The van der Waals surface area contributed by atoms with E-state index in [0.29, 0.717) is 5.04 Å². The Labute approximate surface area is 109 Å². The highest BCUT2D eigenvalue weighted by Crippen LogP contribution is 2.43. The normalized spacial score (nSPS) is 24.8. The molecule has 0 aliphatic heterocycles.